The summed E-state index contributed by atoms with van der Waals surface area (Å²) in [5.74, 6) is 0.596. The van der Waals surface area contributed by atoms with Gasteiger partial charge < -0.3 is 15.2 Å². The molecule has 5 heteroatoms. The lowest BCUT2D eigenvalue weighted by atomic mass is 10.1. The fraction of sp³-hybridized carbons (Fsp3) is 0.545. The molecule has 1 atom stereocenters. The van der Waals surface area contributed by atoms with Gasteiger partial charge in [-0.1, -0.05) is 6.92 Å². The molecule has 0 aliphatic heterocycles. The number of carbonyl (C=O) groups excluding carboxylic acids is 1. The summed E-state index contributed by atoms with van der Waals surface area (Å²) in [4.78, 5) is 12.4. The minimum absolute atomic E-state index is 0.0330. The molecular formula is C11H17NO3S. The van der Waals surface area contributed by atoms with Crippen molar-refractivity contribution in [3.63, 3.8) is 0 Å². The predicted octanol–water partition coefficient (Wildman–Crippen LogP) is 1.65. The molecule has 1 amide bonds. The molecule has 0 spiro atoms. The van der Waals surface area contributed by atoms with E-state index in [9.17, 15) is 4.79 Å². The third-order valence-corrected chi connectivity index (χ3v) is 3.25. The molecule has 1 rings (SSSR count). The van der Waals surface area contributed by atoms with Crippen molar-refractivity contribution in [1.82, 2.24) is 5.32 Å². The first-order valence-electron chi connectivity index (χ1n) is 5.25. The largest absolute Gasteiger partial charge is 0.496 e. The summed E-state index contributed by atoms with van der Waals surface area (Å²) in [5, 5.41) is 13.5. The van der Waals surface area contributed by atoms with E-state index in [0.29, 0.717) is 17.0 Å². The Morgan fingerprint density at radius 2 is 2.44 bits per heavy atom. The highest BCUT2D eigenvalue weighted by Gasteiger charge is 2.13. The third kappa shape index (κ3) is 3.50. The van der Waals surface area contributed by atoms with Gasteiger partial charge in [0, 0.05) is 24.1 Å². The highest BCUT2D eigenvalue weighted by atomic mass is 32.1. The van der Waals surface area contributed by atoms with Crippen LogP contribution in [0.25, 0.3) is 0 Å². The summed E-state index contributed by atoms with van der Waals surface area (Å²) < 4.78 is 5.01. The Bertz CT molecular complexity index is 338. The van der Waals surface area contributed by atoms with Gasteiger partial charge in [-0.25, -0.2) is 0 Å². The second kappa shape index (κ2) is 6.50. The molecule has 0 aromatic carbocycles. The molecule has 1 heterocycles. The van der Waals surface area contributed by atoms with E-state index in [1.54, 1.807) is 18.6 Å². The van der Waals surface area contributed by atoms with Crippen LogP contribution >= 0.6 is 11.3 Å². The van der Waals surface area contributed by atoms with E-state index in [-0.39, 0.29) is 18.6 Å². The molecule has 0 saturated heterocycles. The van der Waals surface area contributed by atoms with E-state index in [4.69, 9.17) is 9.84 Å². The van der Waals surface area contributed by atoms with Crippen molar-refractivity contribution in [1.29, 1.82) is 0 Å². The van der Waals surface area contributed by atoms with Crippen LogP contribution in [-0.2, 0) is 0 Å². The van der Waals surface area contributed by atoms with Crippen LogP contribution in [-0.4, -0.2) is 30.8 Å². The summed E-state index contributed by atoms with van der Waals surface area (Å²) >= 11 is 1.35. The van der Waals surface area contributed by atoms with E-state index in [1.165, 1.54) is 11.3 Å². The topological polar surface area (TPSA) is 58.6 Å². The molecule has 2 N–H and O–H groups in total. The number of carbonyl (C=O) groups is 1. The lowest BCUT2D eigenvalue weighted by molar-refractivity contribution is 0.0933. The SMILES string of the molecule is CCC(CCO)NC(=O)c1cc(OC)cs1. The van der Waals surface area contributed by atoms with Gasteiger partial charge >= 0.3 is 0 Å². The van der Waals surface area contributed by atoms with Crippen LogP contribution in [0, 0.1) is 0 Å². The van der Waals surface area contributed by atoms with Gasteiger partial charge in [-0.3, -0.25) is 4.79 Å². The summed E-state index contributed by atoms with van der Waals surface area (Å²) in [6.45, 7) is 2.07. The molecule has 4 nitrogen and oxygen atoms in total. The average molecular weight is 243 g/mol. The molecule has 90 valence electrons. The molecule has 0 fully saturated rings. The average Bonchev–Trinajstić information content (AvgIpc) is 2.76. The fourth-order valence-electron chi connectivity index (χ4n) is 1.34. The molecule has 16 heavy (non-hydrogen) atoms. The smallest absolute Gasteiger partial charge is 0.261 e. The number of rotatable bonds is 6. The first kappa shape index (κ1) is 13.0. The quantitative estimate of drug-likeness (QED) is 0.798. The lowest BCUT2D eigenvalue weighted by Crippen LogP contribution is -2.34. The van der Waals surface area contributed by atoms with Gasteiger partial charge in [0.25, 0.3) is 5.91 Å². The summed E-state index contributed by atoms with van der Waals surface area (Å²) in [5.41, 5.74) is 0. The third-order valence-electron chi connectivity index (χ3n) is 2.34. The molecule has 1 unspecified atom stereocenters. The number of methoxy groups -OCH3 is 1. The normalized spacial score (nSPS) is 12.2. The minimum Gasteiger partial charge on any atom is -0.496 e. The molecule has 1 aromatic heterocycles. The standard InChI is InChI=1S/C11H17NO3S/c1-3-8(4-5-13)12-11(14)10-6-9(15-2)7-16-10/h6-8,13H,3-5H2,1-2H3,(H,12,14). The molecule has 1 aromatic rings. The van der Waals surface area contributed by atoms with Crippen LogP contribution in [0.5, 0.6) is 5.75 Å². The van der Waals surface area contributed by atoms with E-state index in [0.717, 1.165) is 6.42 Å². The Hall–Kier alpha value is -1.07. The number of nitrogens with one attached hydrogen (secondary N) is 1. The van der Waals surface area contributed by atoms with Crippen molar-refractivity contribution >= 4 is 17.2 Å². The van der Waals surface area contributed by atoms with E-state index >= 15 is 0 Å². The Morgan fingerprint density at radius 1 is 1.69 bits per heavy atom. The molecule has 0 aliphatic rings. The second-order valence-electron chi connectivity index (χ2n) is 3.44. The van der Waals surface area contributed by atoms with Crippen molar-refractivity contribution < 1.29 is 14.6 Å². The number of hydrogen-bond acceptors (Lipinski definition) is 4. The van der Waals surface area contributed by atoms with Crippen molar-refractivity contribution in [2.45, 2.75) is 25.8 Å². The Labute approximate surface area is 99.2 Å². The van der Waals surface area contributed by atoms with Crippen LogP contribution in [0.3, 0.4) is 0 Å². The Morgan fingerprint density at radius 3 is 2.94 bits per heavy atom. The predicted molar refractivity (Wildman–Crippen MR) is 64.1 cm³/mol. The van der Waals surface area contributed by atoms with Crippen molar-refractivity contribution in [2.75, 3.05) is 13.7 Å². The first-order chi connectivity index (χ1) is 7.71. The van der Waals surface area contributed by atoms with Gasteiger partial charge in [0.1, 0.15) is 5.75 Å². The number of amides is 1. The molecule has 0 radical (unpaired) electrons. The number of ether oxygens (including phenoxy) is 1. The molecule has 0 saturated carbocycles. The lowest BCUT2D eigenvalue weighted by Gasteiger charge is -2.14. The van der Waals surface area contributed by atoms with Crippen molar-refractivity contribution in [2.24, 2.45) is 0 Å². The van der Waals surface area contributed by atoms with Crippen LogP contribution in [0.1, 0.15) is 29.4 Å². The number of thiophene rings is 1. The zero-order valence-corrected chi connectivity index (χ0v) is 10.3. The maximum Gasteiger partial charge on any atom is 0.261 e. The zero-order chi connectivity index (χ0) is 12.0. The van der Waals surface area contributed by atoms with Gasteiger partial charge in [0.05, 0.1) is 12.0 Å². The number of hydrogen-bond donors (Lipinski definition) is 2. The molecular weight excluding hydrogens is 226 g/mol. The van der Waals surface area contributed by atoms with Crippen LogP contribution in [0.15, 0.2) is 11.4 Å². The van der Waals surface area contributed by atoms with Gasteiger partial charge in [-0.05, 0) is 12.8 Å². The van der Waals surface area contributed by atoms with Crippen molar-refractivity contribution in [3.05, 3.63) is 16.3 Å². The monoisotopic (exact) mass is 243 g/mol. The maximum atomic E-state index is 11.8. The Kier molecular flexibility index (Phi) is 5.28. The summed E-state index contributed by atoms with van der Waals surface area (Å²) in [6.07, 6.45) is 1.40. The maximum absolute atomic E-state index is 11.8. The fourth-order valence-corrected chi connectivity index (χ4v) is 2.09. The van der Waals surface area contributed by atoms with Crippen LogP contribution < -0.4 is 10.1 Å². The highest BCUT2D eigenvalue weighted by molar-refractivity contribution is 7.12. The van der Waals surface area contributed by atoms with Crippen LogP contribution in [0.4, 0.5) is 0 Å². The zero-order valence-electron chi connectivity index (χ0n) is 9.53. The van der Waals surface area contributed by atoms with Gasteiger partial charge in [-0.15, -0.1) is 11.3 Å². The highest BCUT2D eigenvalue weighted by Crippen LogP contribution is 2.21. The number of aliphatic hydroxyl groups is 1. The first-order valence-corrected chi connectivity index (χ1v) is 6.13. The van der Waals surface area contributed by atoms with Crippen molar-refractivity contribution in [3.8, 4) is 5.75 Å². The second-order valence-corrected chi connectivity index (χ2v) is 4.35. The van der Waals surface area contributed by atoms with Gasteiger partial charge in [-0.2, -0.15) is 0 Å². The van der Waals surface area contributed by atoms with Gasteiger partial charge in [0.15, 0.2) is 0 Å². The van der Waals surface area contributed by atoms with Gasteiger partial charge in [0.2, 0.25) is 0 Å². The van der Waals surface area contributed by atoms with Crippen LogP contribution in [0.2, 0.25) is 0 Å². The molecule has 0 aliphatic carbocycles. The minimum atomic E-state index is -0.103. The van der Waals surface area contributed by atoms with E-state index in [2.05, 4.69) is 5.32 Å². The Balaban J connectivity index is 2.56. The molecule has 0 bridgehead atoms. The summed E-state index contributed by atoms with van der Waals surface area (Å²) in [6, 6.07) is 1.75. The van der Waals surface area contributed by atoms with E-state index < -0.39 is 0 Å². The summed E-state index contributed by atoms with van der Waals surface area (Å²) in [7, 11) is 1.57. The number of aliphatic hydroxyl groups excluding tert-OH is 1. The van der Waals surface area contributed by atoms with E-state index in [1.807, 2.05) is 6.92 Å².